The van der Waals surface area contributed by atoms with Crippen molar-refractivity contribution in [1.82, 2.24) is 0 Å². The van der Waals surface area contributed by atoms with Crippen LogP contribution in [0, 0.1) is 5.92 Å². The normalized spacial score (nSPS) is 27.4. The number of benzene rings is 1. The molecule has 0 saturated carbocycles. The van der Waals surface area contributed by atoms with Gasteiger partial charge in [0.05, 0.1) is 6.61 Å². The number of fused-ring (bicyclic) bond motifs is 3. The smallest absolute Gasteiger partial charge is 0.328 e. The number of nitrogens with one attached hydrogen (secondary N) is 1. The second-order valence-corrected chi connectivity index (χ2v) is 5.40. The number of esters is 1. The van der Waals surface area contributed by atoms with Gasteiger partial charge in [-0.2, -0.15) is 0 Å². The van der Waals surface area contributed by atoms with Gasteiger partial charge in [0, 0.05) is 22.5 Å². The highest BCUT2D eigenvalue weighted by atomic mass is 35.5. The zero-order valence-electron chi connectivity index (χ0n) is 10.7. The summed E-state index contributed by atoms with van der Waals surface area (Å²) in [5, 5.41) is 4.04. The summed E-state index contributed by atoms with van der Waals surface area (Å²) < 4.78 is 5.17. The first-order valence-electron chi connectivity index (χ1n) is 6.60. The Hall–Kier alpha value is -1.48. The Balaban J connectivity index is 1.97. The number of ether oxygens (including phenoxy) is 1. The second kappa shape index (κ2) is 4.89. The molecule has 100 valence electrons. The number of carbonyl (C=O) groups excluding carboxylic acids is 1. The van der Waals surface area contributed by atoms with E-state index in [1.54, 1.807) is 0 Å². The third kappa shape index (κ3) is 2.12. The third-order valence-corrected chi connectivity index (χ3v) is 4.10. The summed E-state index contributed by atoms with van der Waals surface area (Å²) >= 11 is 6.07. The fraction of sp³-hybridized carbons (Fsp3) is 0.400. The summed E-state index contributed by atoms with van der Waals surface area (Å²) in [7, 11) is 0. The Morgan fingerprint density at radius 3 is 3.16 bits per heavy atom. The molecule has 1 aliphatic carbocycles. The molecule has 3 rings (SSSR count). The summed E-state index contributed by atoms with van der Waals surface area (Å²) in [5.74, 6) is 0.316. The summed E-state index contributed by atoms with van der Waals surface area (Å²) in [5.41, 5.74) is 2.15. The third-order valence-electron chi connectivity index (χ3n) is 3.87. The first-order valence-corrected chi connectivity index (χ1v) is 6.97. The van der Waals surface area contributed by atoms with Gasteiger partial charge in [-0.15, -0.1) is 0 Å². The number of rotatable bonds is 2. The van der Waals surface area contributed by atoms with Crippen LogP contribution in [0.3, 0.4) is 0 Å². The van der Waals surface area contributed by atoms with Gasteiger partial charge in [0.15, 0.2) is 0 Å². The Bertz CT molecular complexity index is 541. The van der Waals surface area contributed by atoms with Crippen molar-refractivity contribution in [2.24, 2.45) is 5.92 Å². The highest BCUT2D eigenvalue weighted by molar-refractivity contribution is 6.30. The van der Waals surface area contributed by atoms with Gasteiger partial charge in [-0.3, -0.25) is 0 Å². The van der Waals surface area contributed by atoms with Crippen LogP contribution in [-0.2, 0) is 9.53 Å². The fourth-order valence-corrected chi connectivity index (χ4v) is 3.21. The van der Waals surface area contributed by atoms with Crippen molar-refractivity contribution in [3.8, 4) is 0 Å². The Labute approximate surface area is 117 Å². The van der Waals surface area contributed by atoms with Crippen LogP contribution < -0.4 is 5.32 Å². The zero-order valence-corrected chi connectivity index (χ0v) is 11.5. The summed E-state index contributed by atoms with van der Waals surface area (Å²) in [6.07, 6.45) is 5.21. The lowest BCUT2D eigenvalue weighted by Gasteiger charge is -2.35. The molecule has 0 unspecified atom stereocenters. The van der Waals surface area contributed by atoms with Gasteiger partial charge in [0.25, 0.3) is 0 Å². The molecule has 2 aliphatic rings. The molecule has 3 atom stereocenters. The van der Waals surface area contributed by atoms with Gasteiger partial charge in [-0.25, -0.2) is 4.79 Å². The highest BCUT2D eigenvalue weighted by Gasteiger charge is 2.41. The molecule has 1 N–H and O–H groups in total. The van der Waals surface area contributed by atoms with E-state index in [2.05, 4.69) is 17.5 Å². The molecule has 1 aliphatic heterocycles. The monoisotopic (exact) mass is 277 g/mol. The molecule has 1 heterocycles. The van der Waals surface area contributed by atoms with E-state index in [0.29, 0.717) is 6.61 Å². The second-order valence-electron chi connectivity index (χ2n) is 4.96. The van der Waals surface area contributed by atoms with Crippen LogP contribution in [0.15, 0.2) is 30.4 Å². The van der Waals surface area contributed by atoms with Gasteiger partial charge in [-0.05, 0) is 37.1 Å². The van der Waals surface area contributed by atoms with E-state index in [1.807, 2.05) is 25.1 Å². The highest BCUT2D eigenvalue weighted by Crippen LogP contribution is 2.45. The van der Waals surface area contributed by atoms with Gasteiger partial charge in [-0.1, -0.05) is 23.8 Å². The van der Waals surface area contributed by atoms with Crippen LogP contribution in [0.4, 0.5) is 5.69 Å². The lowest BCUT2D eigenvalue weighted by Crippen LogP contribution is -2.42. The summed E-state index contributed by atoms with van der Waals surface area (Å²) in [4.78, 5) is 12.1. The van der Waals surface area contributed by atoms with Gasteiger partial charge < -0.3 is 10.1 Å². The van der Waals surface area contributed by atoms with E-state index >= 15 is 0 Å². The molecule has 0 aromatic heterocycles. The minimum atomic E-state index is -0.270. The van der Waals surface area contributed by atoms with E-state index in [1.165, 1.54) is 5.56 Å². The van der Waals surface area contributed by atoms with Crippen molar-refractivity contribution in [2.45, 2.75) is 25.3 Å². The molecule has 1 aromatic carbocycles. The van der Waals surface area contributed by atoms with Crippen molar-refractivity contribution >= 4 is 23.3 Å². The molecular weight excluding hydrogens is 262 g/mol. The minimum Gasteiger partial charge on any atom is -0.464 e. The van der Waals surface area contributed by atoms with E-state index in [-0.39, 0.29) is 23.8 Å². The molecule has 0 fully saturated rings. The molecule has 4 heteroatoms. The molecule has 0 saturated heterocycles. The maximum Gasteiger partial charge on any atom is 0.328 e. The fourth-order valence-electron chi connectivity index (χ4n) is 3.03. The molecule has 0 bridgehead atoms. The number of carbonyl (C=O) groups is 1. The minimum absolute atomic E-state index is 0.165. The van der Waals surface area contributed by atoms with Crippen molar-refractivity contribution in [2.75, 3.05) is 11.9 Å². The lowest BCUT2D eigenvalue weighted by atomic mass is 9.79. The average molecular weight is 278 g/mol. The van der Waals surface area contributed by atoms with Crippen molar-refractivity contribution < 1.29 is 9.53 Å². The summed E-state index contributed by atoms with van der Waals surface area (Å²) in [6.45, 7) is 2.24. The molecule has 1 aromatic rings. The molecular formula is C15H16ClNO2. The lowest BCUT2D eigenvalue weighted by molar-refractivity contribution is -0.145. The Kier molecular flexibility index (Phi) is 3.23. The van der Waals surface area contributed by atoms with Crippen molar-refractivity contribution in [1.29, 1.82) is 0 Å². The average Bonchev–Trinajstić information content (AvgIpc) is 2.87. The maximum atomic E-state index is 12.1. The number of hydrogen-bond acceptors (Lipinski definition) is 3. The SMILES string of the molecule is CCOC(=O)[C@H]1Nc2ccc(Cl)cc2[C@H]2C=CC[C@@H]12. The van der Waals surface area contributed by atoms with E-state index in [0.717, 1.165) is 17.1 Å². The van der Waals surface area contributed by atoms with Crippen LogP contribution in [-0.4, -0.2) is 18.6 Å². The van der Waals surface area contributed by atoms with E-state index < -0.39 is 0 Å². The van der Waals surface area contributed by atoms with Crippen molar-refractivity contribution in [3.63, 3.8) is 0 Å². The largest absolute Gasteiger partial charge is 0.464 e. The van der Waals surface area contributed by atoms with E-state index in [4.69, 9.17) is 16.3 Å². The first-order chi connectivity index (χ1) is 9.20. The molecule has 0 spiro atoms. The molecule has 0 radical (unpaired) electrons. The summed E-state index contributed by atoms with van der Waals surface area (Å²) in [6, 6.07) is 5.49. The van der Waals surface area contributed by atoms with E-state index in [9.17, 15) is 4.79 Å². The van der Waals surface area contributed by atoms with Crippen LogP contribution >= 0.6 is 11.6 Å². The number of anilines is 1. The van der Waals surface area contributed by atoms with Crippen LogP contribution in [0.1, 0.15) is 24.8 Å². The molecule has 19 heavy (non-hydrogen) atoms. The zero-order chi connectivity index (χ0) is 13.4. The quantitative estimate of drug-likeness (QED) is 0.665. The maximum absolute atomic E-state index is 12.1. The predicted molar refractivity (Wildman–Crippen MR) is 75.5 cm³/mol. The Morgan fingerprint density at radius 2 is 2.37 bits per heavy atom. The van der Waals surface area contributed by atoms with Crippen LogP contribution in [0.25, 0.3) is 0 Å². The molecule has 3 nitrogen and oxygen atoms in total. The molecule has 0 amide bonds. The van der Waals surface area contributed by atoms with Gasteiger partial charge in [0.1, 0.15) is 6.04 Å². The predicted octanol–water partition coefficient (Wildman–Crippen LogP) is 3.36. The Morgan fingerprint density at radius 1 is 1.53 bits per heavy atom. The standard InChI is InChI=1S/C15H16ClNO2/c1-2-19-15(18)14-11-5-3-4-10(11)12-8-9(16)6-7-13(12)17-14/h3-4,6-8,10-11,14,17H,2,5H2,1H3/t10-,11+,14-/m0/s1. The van der Waals surface area contributed by atoms with Gasteiger partial charge in [0.2, 0.25) is 0 Å². The van der Waals surface area contributed by atoms with Crippen molar-refractivity contribution in [3.05, 3.63) is 40.9 Å². The topological polar surface area (TPSA) is 38.3 Å². The number of hydrogen-bond donors (Lipinski definition) is 1. The first kappa shape index (κ1) is 12.5. The van der Waals surface area contributed by atoms with Crippen LogP contribution in [0.2, 0.25) is 5.02 Å². The van der Waals surface area contributed by atoms with Gasteiger partial charge >= 0.3 is 5.97 Å². The van der Waals surface area contributed by atoms with Crippen LogP contribution in [0.5, 0.6) is 0 Å². The number of allylic oxidation sites excluding steroid dienone is 2. The number of halogens is 1.